The van der Waals surface area contributed by atoms with Crippen molar-refractivity contribution < 1.29 is 9.47 Å². The van der Waals surface area contributed by atoms with Crippen molar-refractivity contribution in [2.45, 2.75) is 37.6 Å². The highest BCUT2D eigenvalue weighted by Crippen LogP contribution is 2.43. The van der Waals surface area contributed by atoms with Crippen LogP contribution in [0.3, 0.4) is 0 Å². The first-order chi connectivity index (χ1) is 13.2. The first-order valence-corrected chi connectivity index (χ1v) is 10.2. The summed E-state index contributed by atoms with van der Waals surface area (Å²) in [5, 5.41) is 9.04. The van der Waals surface area contributed by atoms with Gasteiger partial charge in [0, 0.05) is 39.0 Å². The van der Waals surface area contributed by atoms with Gasteiger partial charge in [-0.1, -0.05) is 17.3 Å². The fourth-order valence-corrected chi connectivity index (χ4v) is 4.99. The van der Waals surface area contributed by atoms with E-state index in [9.17, 15) is 0 Å². The van der Waals surface area contributed by atoms with Crippen LogP contribution in [-0.4, -0.2) is 77.0 Å². The number of fused-ring (bicyclic) bond motifs is 1. The summed E-state index contributed by atoms with van der Waals surface area (Å²) in [6.45, 7) is 5.83. The van der Waals surface area contributed by atoms with Crippen molar-refractivity contribution in [1.82, 2.24) is 24.8 Å². The van der Waals surface area contributed by atoms with Crippen LogP contribution in [-0.2, 0) is 9.47 Å². The largest absolute Gasteiger partial charge is 0.348 e. The van der Waals surface area contributed by atoms with Gasteiger partial charge in [-0.15, -0.1) is 5.10 Å². The Balaban J connectivity index is 1.44. The van der Waals surface area contributed by atoms with E-state index in [-0.39, 0.29) is 12.0 Å². The molecule has 1 aromatic heterocycles. The minimum Gasteiger partial charge on any atom is -0.348 e. The molecule has 7 heteroatoms. The van der Waals surface area contributed by atoms with Crippen LogP contribution in [0.25, 0.3) is 11.0 Å². The van der Waals surface area contributed by atoms with Gasteiger partial charge in [-0.3, -0.25) is 4.90 Å². The van der Waals surface area contributed by atoms with E-state index in [4.69, 9.17) is 9.47 Å². The lowest BCUT2D eigenvalue weighted by Crippen LogP contribution is -2.50. The van der Waals surface area contributed by atoms with Crippen molar-refractivity contribution in [2.75, 3.05) is 46.4 Å². The minimum absolute atomic E-state index is 0.254. The predicted octanol–water partition coefficient (Wildman–Crippen LogP) is 2.11. The zero-order valence-electron chi connectivity index (χ0n) is 16.1. The summed E-state index contributed by atoms with van der Waals surface area (Å²) >= 11 is 0. The highest BCUT2D eigenvalue weighted by Gasteiger charge is 2.44. The molecule has 3 aliphatic rings. The molecule has 3 fully saturated rings. The zero-order chi connectivity index (χ0) is 18.3. The molecular formula is C20H29N5O2. The van der Waals surface area contributed by atoms with Crippen molar-refractivity contribution in [3.05, 3.63) is 24.3 Å². The number of nitrogens with zero attached hydrogens (tertiary/aromatic N) is 5. The van der Waals surface area contributed by atoms with E-state index in [0.717, 1.165) is 76.1 Å². The average molecular weight is 371 g/mol. The molecule has 1 unspecified atom stereocenters. The molecular weight excluding hydrogens is 342 g/mol. The molecule has 2 aromatic rings. The van der Waals surface area contributed by atoms with Gasteiger partial charge < -0.3 is 14.4 Å². The zero-order valence-corrected chi connectivity index (χ0v) is 16.1. The highest BCUT2D eigenvalue weighted by atomic mass is 16.7. The maximum atomic E-state index is 5.95. The summed E-state index contributed by atoms with van der Waals surface area (Å²) in [5.74, 6) is 0.227. The van der Waals surface area contributed by atoms with Gasteiger partial charge in [0.25, 0.3) is 0 Å². The molecule has 1 aromatic carbocycles. The number of hydrogen-bond donors (Lipinski definition) is 0. The van der Waals surface area contributed by atoms with E-state index in [2.05, 4.69) is 50.0 Å². The minimum atomic E-state index is -0.312. The molecule has 0 radical (unpaired) electrons. The summed E-state index contributed by atoms with van der Waals surface area (Å²) in [5.41, 5.74) is 2.11. The second kappa shape index (κ2) is 7.13. The van der Waals surface area contributed by atoms with E-state index < -0.39 is 0 Å². The Kier molecular flexibility index (Phi) is 4.63. The summed E-state index contributed by atoms with van der Waals surface area (Å²) in [7, 11) is 2.20. The summed E-state index contributed by atoms with van der Waals surface area (Å²) in [6, 6.07) is 8.31. The van der Waals surface area contributed by atoms with Gasteiger partial charge in [0.15, 0.2) is 5.79 Å². The van der Waals surface area contributed by atoms with E-state index in [0.29, 0.717) is 5.92 Å². The van der Waals surface area contributed by atoms with Crippen LogP contribution in [0.1, 0.15) is 31.8 Å². The van der Waals surface area contributed by atoms with Gasteiger partial charge in [0.2, 0.25) is 0 Å². The monoisotopic (exact) mass is 371 g/mol. The third-order valence-electron chi connectivity index (χ3n) is 6.57. The van der Waals surface area contributed by atoms with Gasteiger partial charge >= 0.3 is 0 Å². The van der Waals surface area contributed by atoms with E-state index in [1.807, 2.05) is 6.07 Å². The van der Waals surface area contributed by atoms with Gasteiger partial charge in [0.1, 0.15) is 11.7 Å². The molecule has 27 heavy (non-hydrogen) atoms. The summed E-state index contributed by atoms with van der Waals surface area (Å²) in [6.07, 6.45) is 4.42. The van der Waals surface area contributed by atoms with Gasteiger partial charge in [-0.2, -0.15) is 0 Å². The first-order valence-electron chi connectivity index (χ1n) is 10.2. The van der Waals surface area contributed by atoms with Gasteiger partial charge in [-0.05, 0) is 37.9 Å². The highest BCUT2D eigenvalue weighted by molar-refractivity contribution is 5.73. The molecule has 1 aliphatic carbocycles. The number of rotatable bonds is 3. The Morgan fingerprint density at radius 3 is 2.48 bits per heavy atom. The molecule has 2 saturated heterocycles. The van der Waals surface area contributed by atoms with E-state index in [1.54, 1.807) is 0 Å². The standard InChI is InChI=1S/C20H29N5O2/c1-23-10-12-24(13-11-23)19(25-18-5-3-2-4-17(18)21-22-25)16-6-8-20(9-7-16)26-14-15-27-20/h2-5,16,19H,6-15H2,1H3. The Morgan fingerprint density at radius 1 is 1.04 bits per heavy atom. The molecule has 7 nitrogen and oxygen atoms in total. The predicted molar refractivity (Wildman–Crippen MR) is 102 cm³/mol. The van der Waals surface area contributed by atoms with Crippen molar-refractivity contribution in [3.8, 4) is 0 Å². The third kappa shape index (κ3) is 3.27. The SMILES string of the molecule is CN1CCN(C(C2CCC3(CC2)OCCO3)n2nnc3ccccc32)CC1. The summed E-state index contributed by atoms with van der Waals surface area (Å²) < 4.78 is 14.1. The van der Waals surface area contributed by atoms with Crippen molar-refractivity contribution in [3.63, 3.8) is 0 Å². The van der Waals surface area contributed by atoms with Crippen LogP contribution in [0, 0.1) is 5.92 Å². The van der Waals surface area contributed by atoms with Crippen molar-refractivity contribution >= 4 is 11.0 Å². The smallest absolute Gasteiger partial charge is 0.168 e. The lowest BCUT2D eigenvalue weighted by Gasteiger charge is -2.44. The Hall–Kier alpha value is -1.54. The summed E-state index contributed by atoms with van der Waals surface area (Å²) in [4.78, 5) is 5.02. The molecule has 0 amide bonds. The van der Waals surface area contributed by atoms with E-state index in [1.165, 1.54) is 0 Å². The second-order valence-corrected chi connectivity index (χ2v) is 8.22. The normalized spacial score (nSPS) is 26.1. The molecule has 3 heterocycles. The lowest BCUT2D eigenvalue weighted by molar-refractivity contribution is -0.188. The second-order valence-electron chi connectivity index (χ2n) is 8.22. The van der Waals surface area contributed by atoms with Gasteiger partial charge in [-0.25, -0.2) is 4.68 Å². The van der Waals surface area contributed by atoms with Crippen molar-refractivity contribution in [2.24, 2.45) is 5.92 Å². The third-order valence-corrected chi connectivity index (χ3v) is 6.57. The Bertz CT molecular complexity index is 770. The topological polar surface area (TPSA) is 55.7 Å². The molecule has 1 atom stereocenters. The Labute approximate surface area is 160 Å². The number of para-hydroxylation sites is 1. The van der Waals surface area contributed by atoms with E-state index >= 15 is 0 Å². The maximum absolute atomic E-state index is 5.95. The first kappa shape index (κ1) is 17.6. The van der Waals surface area contributed by atoms with Crippen molar-refractivity contribution in [1.29, 1.82) is 0 Å². The average Bonchev–Trinajstić information content (AvgIpc) is 3.33. The van der Waals surface area contributed by atoms with Gasteiger partial charge in [0.05, 0.1) is 18.7 Å². The lowest BCUT2D eigenvalue weighted by atomic mass is 9.82. The molecule has 0 N–H and O–H groups in total. The number of piperazine rings is 1. The van der Waals surface area contributed by atoms with Crippen LogP contribution >= 0.6 is 0 Å². The molecule has 1 spiro atoms. The van der Waals surface area contributed by atoms with Crippen LogP contribution in [0.15, 0.2) is 24.3 Å². The number of aromatic nitrogens is 3. The fraction of sp³-hybridized carbons (Fsp3) is 0.700. The van der Waals surface area contributed by atoms with Crippen LogP contribution < -0.4 is 0 Å². The number of ether oxygens (including phenoxy) is 2. The molecule has 2 aliphatic heterocycles. The number of benzene rings is 1. The molecule has 1 saturated carbocycles. The Morgan fingerprint density at radius 2 is 1.74 bits per heavy atom. The number of likely N-dealkylation sites (N-methyl/N-ethyl adjacent to an activating group) is 1. The molecule has 5 rings (SSSR count). The van der Waals surface area contributed by atoms with Crippen LogP contribution in [0.2, 0.25) is 0 Å². The fourth-order valence-electron chi connectivity index (χ4n) is 4.99. The van der Waals surface area contributed by atoms with Crippen LogP contribution in [0.5, 0.6) is 0 Å². The maximum Gasteiger partial charge on any atom is 0.168 e. The van der Waals surface area contributed by atoms with Crippen LogP contribution in [0.4, 0.5) is 0 Å². The quantitative estimate of drug-likeness (QED) is 0.824. The molecule has 0 bridgehead atoms. The molecule has 146 valence electrons. The number of hydrogen-bond acceptors (Lipinski definition) is 6.